The Balaban J connectivity index is 1.74. The number of rotatable bonds is 9. The summed E-state index contributed by atoms with van der Waals surface area (Å²) in [7, 11) is 0. The van der Waals surface area contributed by atoms with E-state index in [1.807, 2.05) is 17.8 Å². The van der Waals surface area contributed by atoms with Gasteiger partial charge in [-0.25, -0.2) is 0 Å². The Bertz CT molecular complexity index is 531. The molecule has 0 amide bonds. The van der Waals surface area contributed by atoms with E-state index in [-0.39, 0.29) is 0 Å². The zero-order valence-electron chi connectivity index (χ0n) is 13.9. The quantitative estimate of drug-likeness (QED) is 0.316. The maximum absolute atomic E-state index is 5.55. The second-order valence-electron chi connectivity index (χ2n) is 5.34. The van der Waals surface area contributed by atoms with Gasteiger partial charge in [-0.2, -0.15) is 11.8 Å². The zero-order chi connectivity index (χ0) is 16.3. The predicted octanol–water partition coefficient (Wildman–Crippen LogP) is 2.64. The SMILES string of the molecule is C=CCSCCN=C(NCC)NCCc1ccc2c(c1)CCO2. The molecule has 2 N–H and O–H groups in total. The van der Waals surface area contributed by atoms with E-state index in [0.717, 1.165) is 62.3 Å². The van der Waals surface area contributed by atoms with E-state index in [1.165, 1.54) is 11.1 Å². The minimum Gasteiger partial charge on any atom is -0.493 e. The minimum atomic E-state index is 0.818. The van der Waals surface area contributed by atoms with Crippen molar-refractivity contribution in [2.24, 2.45) is 4.99 Å². The lowest BCUT2D eigenvalue weighted by atomic mass is 10.1. The highest BCUT2D eigenvalue weighted by molar-refractivity contribution is 7.99. The van der Waals surface area contributed by atoms with Crippen LogP contribution in [-0.4, -0.2) is 43.7 Å². The van der Waals surface area contributed by atoms with E-state index >= 15 is 0 Å². The molecule has 4 nitrogen and oxygen atoms in total. The van der Waals surface area contributed by atoms with E-state index in [4.69, 9.17) is 4.74 Å². The molecule has 0 aliphatic carbocycles. The topological polar surface area (TPSA) is 45.7 Å². The lowest BCUT2D eigenvalue weighted by molar-refractivity contribution is 0.357. The third-order valence-electron chi connectivity index (χ3n) is 3.55. The number of guanidine groups is 1. The van der Waals surface area contributed by atoms with Crippen LogP contribution in [-0.2, 0) is 12.8 Å². The van der Waals surface area contributed by atoms with E-state index < -0.39 is 0 Å². The van der Waals surface area contributed by atoms with Gasteiger partial charge in [-0.05, 0) is 30.5 Å². The van der Waals surface area contributed by atoms with Crippen molar-refractivity contribution in [2.75, 3.05) is 37.7 Å². The Morgan fingerprint density at radius 1 is 1.43 bits per heavy atom. The van der Waals surface area contributed by atoms with Crippen molar-refractivity contribution in [1.29, 1.82) is 0 Å². The van der Waals surface area contributed by atoms with Crippen LogP contribution in [0.3, 0.4) is 0 Å². The average molecular weight is 334 g/mol. The summed E-state index contributed by atoms with van der Waals surface area (Å²) in [5.74, 6) is 3.96. The van der Waals surface area contributed by atoms with Gasteiger partial charge in [-0.15, -0.1) is 6.58 Å². The summed E-state index contributed by atoms with van der Waals surface area (Å²) in [4.78, 5) is 4.59. The summed E-state index contributed by atoms with van der Waals surface area (Å²) >= 11 is 1.85. The molecule has 0 unspecified atom stereocenters. The first-order valence-electron chi connectivity index (χ1n) is 8.29. The van der Waals surface area contributed by atoms with Gasteiger partial charge < -0.3 is 15.4 Å². The van der Waals surface area contributed by atoms with Crippen molar-refractivity contribution in [3.05, 3.63) is 42.0 Å². The number of aliphatic imine (C=N–C) groups is 1. The molecule has 0 fully saturated rings. The van der Waals surface area contributed by atoms with Crippen LogP contribution in [0.15, 0.2) is 35.8 Å². The molecule has 1 aliphatic rings. The Hall–Kier alpha value is -1.62. The van der Waals surface area contributed by atoms with Gasteiger partial charge in [0.2, 0.25) is 0 Å². The van der Waals surface area contributed by atoms with Crippen LogP contribution < -0.4 is 15.4 Å². The van der Waals surface area contributed by atoms with Crippen molar-refractivity contribution in [1.82, 2.24) is 10.6 Å². The highest BCUT2D eigenvalue weighted by atomic mass is 32.2. The molecule has 0 aromatic heterocycles. The van der Waals surface area contributed by atoms with Gasteiger partial charge in [0, 0.05) is 31.0 Å². The van der Waals surface area contributed by atoms with Crippen LogP contribution >= 0.6 is 11.8 Å². The number of nitrogens with zero attached hydrogens (tertiary/aromatic N) is 1. The van der Waals surface area contributed by atoms with Gasteiger partial charge >= 0.3 is 0 Å². The Morgan fingerprint density at radius 3 is 3.17 bits per heavy atom. The average Bonchev–Trinajstić information content (AvgIpc) is 3.02. The number of nitrogens with one attached hydrogen (secondary N) is 2. The summed E-state index contributed by atoms with van der Waals surface area (Å²) < 4.78 is 5.55. The van der Waals surface area contributed by atoms with Crippen LogP contribution in [0.5, 0.6) is 5.75 Å². The number of benzene rings is 1. The number of ether oxygens (including phenoxy) is 1. The summed E-state index contributed by atoms with van der Waals surface area (Å²) in [6, 6.07) is 6.51. The standard InChI is InChI=1S/C18H27N3OS/c1-3-12-23-13-10-21-18(19-4-2)20-9-7-15-5-6-17-16(14-15)8-11-22-17/h3,5-6,14H,1,4,7-13H2,2H3,(H2,19,20,21). The van der Waals surface area contributed by atoms with Gasteiger partial charge in [0.05, 0.1) is 13.2 Å². The van der Waals surface area contributed by atoms with Gasteiger partial charge in [0.25, 0.3) is 0 Å². The molecule has 2 rings (SSSR count). The lowest BCUT2D eigenvalue weighted by Gasteiger charge is -2.11. The number of thioether (sulfide) groups is 1. The van der Waals surface area contributed by atoms with Crippen molar-refractivity contribution in [3.63, 3.8) is 0 Å². The Morgan fingerprint density at radius 2 is 2.35 bits per heavy atom. The highest BCUT2D eigenvalue weighted by Crippen LogP contribution is 2.25. The van der Waals surface area contributed by atoms with Crippen LogP contribution in [0.1, 0.15) is 18.1 Å². The van der Waals surface area contributed by atoms with E-state index in [1.54, 1.807) is 0 Å². The van der Waals surface area contributed by atoms with E-state index in [9.17, 15) is 0 Å². The molecule has 0 saturated heterocycles. The number of hydrogen-bond donors (Lipinski definition) is 2. The van der Waals surface area contributed by atoms with Crippen LogP contribution in [0, 0.1) is 0 Å². The maximum atomic E-state index is 5.55. The molecule has 1 aromatic carbocycles. The fourth-order valence-electron chi connectivity index (χ4n) is 2.45. The highest BCUT2D eigenvalue weighted by Gasteiger charge is 2.11. The molecule has 0 atom stereocenters. The molecule has 5 heteroatoms. The lowest BCUT2D eigenvalue weighted by Crippen LogP contribution is -2.38. The van der Waals surface area contributed by atoms with Crippen molar-refractivity contribution in [2.45, 2.75) is 19.8 Å². The Labute approximate surface area is 143 Å². The molecule has 126 valence electrons. The third kappa shape index (κ3) is 6.18. The molecule has 0 spiro atoms. The van der Waals surface area contributed by atoms with Gasteiger partial charge in [0.15, 0.2) is 5.96 Å². The molecule has 1 aromatic rings. The fraction of sp³-hybridized carbons (Fsp3) is 0.500. The molecule has 1 aliphatic heterocycles. The molecular formula is C18H27N3OS. The second kappa shape index (κ2) is 10.2. The molecular weight excluding hydrogens is 306 g/mol. The third-order valence-corrected chi connectivity index (χ3v) is 4.49. The van der Waals surface area contributed by atoms with E-state index in [2.05, 4.69) is 47.3 Å². The monoisotopic (exact) mass is 333 g/mol. The first-order chi connectivity index (χ1) is 11.3. The van der Waals surface area contributed by atoms with Gasteiger partial charge in [-0.1, -0.05) is 18.2 Å². The number of fused-ring (bicyclic) bond motifs is 1. The predicted molar refractivity (Wildman–Crippen MR) is 101 cm³/mol. The Kier molecular flexibility index (Phi) is 7.87. The van der Waals surface area contributed by atoms with Crippen molar-refractivity contribution in [3.8, 4) is 5.75 Å². The van der Waals surface area contributed by atoms with Gasteiger partial charge in [-0.3, -0.25) is 4.99 Å². The van der Waals surface area contributed by atoms with Crippen LogP contribution in [0.25, 0.3) is 0 Å². The van der Waals surface area contributed by atoms with Crippen molar-refractivity contribution >= 4 is 17.7 Å². The van der Waals surface area contributed by atoms with Gasteiger partial charge in [0.1, 0.15) is 5.75 Å². The molecule has 0 bridgehead atoms. The summed E-state index contributed by atoms with van der Waals surface area (Å²) in [6.07, 6.45) is 3.95. The summed E-state index contributed by atoms with van der Waals surface area (Å²) in [5, 5.41) is 6.70. The van der Waals surface area contributed by atoms with E-state index in [0.29, 0.717) is 0 Å². The molecule has 0 radical (unpaired) electrons. The smallest absolute Gasteiger partial charge is 0.191 e. The van der Waals surface area contributed by atoms with Crippen molar-refractivity contribution < 1.29 is 4.74 Å². The summed E-state index contributed by atoms with van der Waals surface area (Å²) in [6.45, 7) is 9.21. The first kappa shape index (κ1) is 17.7. The normalized spacial score (nSPS) is 13.3. The minimum absolute atomic E-state index is 0.818. The second-order valence-corrected chi connectivity index (χ2v) is 6.49. The molecule has 23 heavy (non-hydrogen) atoms. The van der Waals surface area contributed by atoms with Crippen LogP contribution in [0.4, 0.5) is 0 Å². The molecule has 0 saturated carbocycles. The first-order valence-corrected chi connectivity index (χ1v) is 9.44. The molecule has 1 heterocycles. The largest absolute Gasteiger partial charge is 0.493 e. The fourth-order valence-corrected chi connectivity index (χ4v) is 3.00. The number of hydrogen-bond acceptors (Lipinski definition) is 3. The van der Waals surface area contributed by atoms with Crippen LogP contribution in [0.2, 0.25) is 0 Å². The maximum Gasteiger partial charge on any atom is 0.191 e. The summed E-state index contributed by atoms with van der Waals surface area (Å²) in [5.41, 5.74) is 2.68. The zero-order valence-corrected chi connectivity index (χ0v) is 14.8.